The predicted molar refractivity (Wildman–Crippen MR) is 119 cm³/mol. The molecule has 164 valence electrons. The second-order valence-corrected chi connectivity index (χ2v) is 7.94. The number of hydrogen-bond donors (Lipinski definition) is 1. The fourth-order valence-electron chi connectivity index (χ4n) is 3.14. The molecule has 0 radical (unpaired) electrons. The quantitative estimate of drug-likeness (QED) is 0.325. The highest BCUT2D eigenvalue weighted by Gasteiger charge is 2.16. The lowest BCUT2D eigenvalue weighted by Crippen LogP contribution is -2.20. The van der Waals surface area contributed by atoms with Gasteiger partial charge in [-0.05, 0) is 67.4 Å². The zero-order chi connectivity index (χ0) is 23.0. The maximum Gasteiger partial charge on any atom is 0.262 e. The smallest absolute Gasteiger partial charge is 0.262 e. The number of fused-ring (bicyclic) bond motifs is 1. The minimum atomic E-state index is -1.06. The minimum absolute atomic E-state index is 0.0317. The Morgan fingerprint density at radius 2 is 1.75 bits per heavy atom. The summed E-state index contributed by atoms with van der Waals surface area (Å²) in [5.41, 5.74) is 3.09. The van der Waals surface area contributed by atoms with E-state index in [2.05, 4.69) is 10.3 Å². The maximum absolute atomic E-state index is 13.6. The zero-order valence-electron chi connectivity index (χ0n) is 16.9. The lowest BCUT2D eigenvalue weighted by molar-refractivity contribution is -0.118. The van der Waals surface area contributed by atoms with Crippen molar-refractivity contribution in [2.24, 2.45) is 0 Å². The van der Waals surface area contributed by atoms with Crippen LogP contribution in [0.15, 0.2) is 46.9 Å². The van der Waals surface area contributed by atoms with Gasteiger partial charge in [0, 0.05) is 10.7 Å². The van der Waals surface area contributed by atoms with Crippen LogP contribution in [0.25, 0.3) is 22.6 Å². The number of benzene rings is 3. The van der Waals surface area contributed by atoms with E-state index in [-0.39, 0.29) is 29.0 Å². The number of anilines is 1. The molecule has 0 saturated carbocycles. The summed E-state index contributed by atoms with van der Waals surface area (Å²) in [4.78, 5) is 16.6. The van der Waals surface area contributed by atoms with Gasteiger partial charge in [-0.2, -0.15) is 0 Å². The first-order chi connectivity index (χ1) is 15.2. The molecule has 32 heavy (non-hydrogen) atoms. The summed E-state index contributed by atoms with van der Waals surface area (Å²) >= 11 is 12.1. The molecule has 4 rings (SSSR count). The third-order valence-corrected chi connectivity index (χ3v) is 5.60. The number of carbonyl (C=O) groups excluding carboxylic acids is 1. The number of halogens is 4. The van der Waals surface area contributed by atoms with Crippen LogP contribution in [0.1, 0.15) is 11.1 Å². The maximum atomic E-state index is 13.6. The van der Waals surface area contributed by atoms with Crippen molar-refractivity contribution in [3.8, 4) is 17.2 Å². The topological polar surface area (TPSA) is 64.4 Å². The number of hydrogen-bond acceptors (Lipinski definition) is 4. The number of rotatable bonds is 5. The summed E-state index contributed by atoms with van der Waals surface area (Å²) < 4.78 is 38.1. The van der Waals surface area contributed by atoms with E-state index in [1.807, 2.05) is 13.8 Å². The van der Waals surface area contributed by atoms with E-state index in [1.165, 1.54) is 0 Å². The normalized spacial score (nSPS) is 11.1. The fourth-order valence-corrected chi connectivity index (χ4v) is 3.48. The van der Waals surface area contributed by atoms with Gasteiger partial charge in [0.2, 0.25) is 5.89 Å². The average Bonchev–Trinajstić information content (AvgIpc) is 3.16. The molecule has 5 nitrogen and oxygen atoms in total. The first-order valence-electron chi connectivity index (χ1n) is 9.46. The Morgan fingerprint density at radius 3 is 2.47 bits per heavy atom. The van der Waals surface area contributed by atoms with Crippen molar-refractivity contribution in [1.29, 1.82) is 0 Å². The Labute approximate surface area is 191 Å². The van der Waals surface area contributed by atoms with Crippen molar-refractivity contribution < 1.29 is 22.7 Å². The van der Waals surface area contributed by atoms with Gasteiger partial charge in [0.25, 0.3) is 5.91 Å². The Bertz CT molecular complexity index is 1330. The van der Waals surface area contributed by atoms with Crippen molar-refractivity contribution in [3.05, 3.63) is 75.3 Å². The van der Waals surface area contributed by atoms with Crippen LogP contribution in [0.5, 0.6) is 5.75 Å². The van der Waals surface area contributed by atoms with E-state index in [4.69, 9.17) is 32.4 Å². The summed E-state index contributed by atoms with van der Waals surface area (Å²) in [7, 11) is 0. The summed E-state index contributed by atoms with van der Waals surface area (Å²) in [6.45, 7) is 3.52. The van der Waals surface area contributed by atoms with Crippen LogP contribution in [0.4, 0.5) is 14.5 Å². The number of aromatic nitrogens is 1. The molecule has 1 N–H and O–H groups in total. The summed E-state index contributed by atoms with van der Waals surface area (Å²) in [6, 6.07) is 10.1. The van der Waals surface area contributed by atoms with Crippen LogP contribution in [0.2, 0.25) is 10.0 Å². The molecule has 9 heteroatoms. The van der Waals surface area contributed by atoms with Gasteiger partial charge in [0.05, 0.1) is 10.6 Å². The molecule has 0 bridgehead atoms. The standard InChI is InChI=1S/C23H16Cl2F2N2O3/c1-11-5-14(6-12(2)22(11)25)31-10-21(30)28-13-3-4-20-19(7-13)29-23(32-20)15-8-17(26)18(27)9-16(15)24/h3-9H,10H2,1-2H3,(H,28,30). The largest absolute Gasteiger partial charge is 0.484 e. The number of nitrogens with one attached hydrogen (secondary N) is 1. The van der Waals surface area contributed by atoms with Crippen LogP contribution >= 0.6 is 23.2 Å². The molecule has 0 aliphatic rings. The highest BCUT2D eigenvalue weighted by molar-refractivity contribution is 6.33. The van der Waals surface area contributed by atoms with Gasteiger partial charge in [-0.1, -0.05) is 23.2 Å². The number of oxazole rings is 1. The first-order valence-corrected chi connectivity index (χ1v) is 10.2. The number of aryl methyl sites for hydroxylation is 2. The summed E-state index contributed by atoms with van der Waals surface area (Å²) in [6.07, 6.45) is 0. The molecule has 0 fully saturated rings. The Morgan fingerprint density at radius 1 is 1.06 bits per heavy atom. The van der Waals surface area contributed by atoms with Gasteiger partial charge in [0.15, 0.2) is 23.8 Å². The fraction of sp³-hybridized carbons (Fsp3) is 0.130. The van der Waals surface area contributed by atoms with Crippen LogP contribution in [0.3, 0.4) is 0 Å². The molecule has 0 aliphatic heterocycles. The molecule has 3 aromatic carbocycles. The zero-order valence-corrected chi connectivity index (χ0v) is 18.4. The molecule has 1 heterocycles. The van der Waals surface area contributed by atoms with Gasteiger partial charge < -0.3 is 14.5 Å². The van der Waals surface area contributed by atoms with Crippen LogP contribution in [-0.4, -0.2) is 17.5 Å². The lowest BCUT2D eigenvalue weighted by atomic mass is 10.1. The van der Waals surface area contributed by atoms with Crippen LogP contribution < -0.4 is 10.1 Å². The average molecular weight is 477 g/mol. The summed E-state index contributed by atoms with van der Waals surface area (Å²) in [5.74, 6) is -1.93. The third kappa shape index (κ3) is 4.54. The van der Waals surface area contributed by atoms with Crippen molar-refractivity contribution in [2.45, 2.75) is 13.8 Å². The van der Waals surface area contributed by atoms with E-state index < -0.39 is 11.6 Å². The van der Waals surface area contributed by atoms with Crippen molar-refractivity contribution in [2.75, 3.05) is 11.9 Å². The molecule has 1 aromatic heterocycles. The first kappa shape index (κ1) is 22.0. The molecule has 0 spiro atoms. The molecule has 1 amide bonds. The molecule has 0 aliphatic carbocycles. The van der Waals surface area contributed by atoms with E-state index in [9.17, 15) is 13.6 Å². The Hall–Kier alpha value is -3.16. The molecule has 0 saturated heterocycles. The van der Waals surface area contributed by atoms with E-state index >= 15 is 0 Å². The predicted octanol–water partition coefficient (Wildman–Crippen LogP) is 6.71. The Kier molecular flexibility index (Phi) is 6.04. The second-order valence-electron chi connectivity index (χ2n) is 7.16. The van der Waals surface area contributed by atoms with E-state index in [0.717, 1.165) is 23.3 Å². The van der Waals surface area contributed by atoms with Crippen molar-refractivity contribution in [3.63, 3.8) is 0 Å². The molecule has 0 unspecified atom stereocenters. The second kappa shape index (κ2) is 8.76. The molecular weight excluding hydrogens is 461 g/mol. The number of ether oxygens (including phenoxy) is 1. The highest BCUT2D eigenvalue weighted by Crippen LogP contribution is 2.32. The number of nitrogens with zero attached hydrogens (tertiary/aromatic N) is 1. The van der Waals surface area contributed by atoms with Crippen LogP contribution in [-0.2, 0) is 4.79 Å². The van der Waals surface area contributed by atoms with Gasteiger partial charge in [-0.15, -0.1) is 0 Å². The molecule has 4 aromatic rings. The van der Waals surface area contributed by atoms with E-state index in [0.29, 0.717) is 27.6 Å². The SMILES string of the molecule is Cc1cc(OCC(=O)Nc2ccc3oc(-c4cc(F)c(F)cc4Cl)nc3c2)cc(C)c1Cl. The van der Waals surface area contributed by atoms with Gasteiger partial charge in [0.1, 0.15) is 11.3 Å². The summed E-state index contributed by atoms with van der Waals surface area (Å²) in [5, 5.41) is 3.34. The van der Waals surface area contributed by atoms with Gasteiger partial charge in [-0.3, -0.25) is 4.79 Å². The third-order valence-electron chi connectivity index (χ3n) is 4.69. The minimum Gasteiger partial charge on any atom is -0.484 e. The highest BCUT2D eigenvalue weighted by atomic mass is 35.5. The van der Waals surface area contributed by atoms with Crippen molar-refractivity contribution in [1.82, 2.24) is 4.98 Å². The van der Waals surface area contributed by atoms with Gasteiger partial charge >= 0.3 is 0 Å². The number of carbonyl (C=O) groups is 1. The molecule has 0 atom stereocenters. The van der Waals surface area contributed by atoms with Crippen LogP contribution in [0, 0.1) is 25.5 Å². The number of amides is 1. The monoisotopic (exact) mass is 476 g/mol. The van der Waals surface area contributed by atoms with Crippen molar-refractivity contribution >= 4 is 45.9 Å². The lowest BCUT2D eigenvalue weighted by Gasteiger charge is -2.10. The molecular formula is C23H16Cl2F2N2O3. The van der Waals surface area contributed by atoms with E-state index in [1.54, 1.807) is 30.3 Å². The Balaban J connectivity index is 1.48. The van der Waals surface area contributed by atoms with Gasteiger partial charge in [-0.25, -0.2) is 13.8 Å².